The van der Waals surface area contributed by atoms with E-state index in [9.17, 15) is 4.79 Å². The fourth-order valence-corrected chi connectivity index (χ4v) is 5.02. The molecule has 0 unspecified atom stereocenters. The van der Waals surface area contributed by atoms with Gasteiger partial charge in [0.25, 0.3) is 0 Å². The highest BCUT2D eigenvalue weighted by molar-refractivity contribution is 9.10. The van der Waals surface area contributed by atoms with Crippen molar-refractivity contribution in [1.82, 2.24) is 16.0 Å². The molecule has 1 saturated heterocycles. The highest BCUT2D eigenvalue weighted by Gasteiger charge is 2.51. The topological polar surface area (TPSA) is 53.2 Å². The van der Waals surface area contributed by atoms with E-state index >= 15 is 0 Å². The molecule has 1 aliphatic heterocycles. The van der Waals surface area contributed by atoms with Crippen molar-refractivity contribution in [2.24, 2.45) is 0 Å². The van der Waals surface area contributed by atoms with Gasteiger partial charge in [0.15, 0.2) is 0 Å². The number of benzene rings is 2. The van der Waals surface area contributed by atoms with Gasteiger partial charge < -0.3 is 16.0 Å². The minimum atomic E-state index is -0.377. The number of amides is 1. The number of nitrogens with one attached hydrogen (secondary N) is 3. The molecular weight excluding hydrogens is 474 g/mol. The van der Waals surface area contributed by atoms with Gasteiger partial charge in [-0.2, -0.15) is 0 Å². The van der Waals surface area contributed by atoms with Gasteiger partial charge in [0.05, 0.1) is 11.5 Å². The third-order valence-corrected chi connectivity index (χ3v) is 7.49. The predicted octanol–water partition coefficient (Wildman–Crippen LogP) is 5.15. The first kappa shape index (κ1) is 24.0. The number of aryl methyl sites for hydroxylation is 1. The molecule has 0 aromatic heterocycles. The van der Waals surface area contributed by atoms with E-state index < -0.39 is 0 Å². The fraction of sp³-hybridized carbons (Fsp3) is 0.464. The third kappa shape index (κ3) is 6.07. The molecule has 0 spiro atoms. The number of allylic oxidation sites excluding steroid dienone is 1. The molecule has 2 aliphatic rings. The largest absolute Gasteiger partial charge is 0.384 e. The maximum Gasteiger partial charge on any atom is 0.231 e. The summed E-state index contributed by atoms with van der Waals surface area (Å²) in [6, 6.07) is 17.3. The molecule has 1 aliphatic carbocycles. The van der Waals surface area contributed by atoms with E-state index in [1.807, 2.05) is 0 Å². The molecule has 33 heavy (non-hydrogen) atoms. The molecule has 2 aromatic carbocycles. The lowest BCUT2D eigenvalue weighted by atomic mass is 9.92. The molecular formula is C28H36BrN3O. The average Bonchev–Trinajstić information content (AvgIpc) is 3.63. The Balaban J connectivity index is 1.57. The summed E-state index contributed by atoms with van der Waals surface area (Å²) in [5.41, 5.74) is 4.36. The van der Waals surface area contributed by atoms with Crippen LogP contribution in [0, 0.1) is 6.92 Å². The second kappa shape index (κ2) is 10.9. The molecule has 4 rings (SSSR count). The van der Waals surface area contributed by atoms with Crippen LogP contribution in [-0.4, -0.2) is 31.1 Å². The van der Waals surface area contributed by atoms with Gasteiger partial charge in [0.2, 0.25) is 5.91 Å². The summed E-state index contributed by atoms with van der Waals surface area (Å²) in [7, 11) is 0. The highest BCUT2D eigenvalue weighted by atomic mass is 79.9. The molecule has 5 heteroatoms. The van der Waals surface area contributed by atoms with E-state index in [0.717, 1.165) is 67.3 Å². The molecule has 1 amide bonds. The van der Waals surface area contributed by atoms with E-state index in [1.54, 1.807) is 0 Å². The smallest absolute Gasteiger partial charge is 0.231 e. The maximum absolute atomic E-state index is 13.7. The molecule has 4 nitrogen and oxygen atoms in total. The predicted molar refractivity (Wildman–Crippen MR) is 139 cm³/mol. The van der Waals surface area contributed by atoms with Crippen LogP contribution >= 0.6 is 15.9 Å². The summed E-state index contributed by atoms with van der Waals surface area (Å²) in [6.45, 7) is 6.33. The first-order valence-corrected chi connectivity index (χ1v) is 13.1. The van der Waals surface area contributed by atoms with Gasteiger partial charge >= 0.3 is 0 Å². The molecule has 2 fully saturated rings. The fourth-order valence-electron chi connectivity index (χ4n) is 4.76. The standard InChI is InChI=1S/C28H36BrN3O/c1-3-4-25(31-24-13-17-30-18-14-24)26(19-21-7-11-23(29)12-8-21)32-27(33)28(15-16-28)22-9-5-20(2)6-10-22/h4-12,24,26,30-31H,3,13-19H2,1-2H3,(H,32,33)/t26-/m0/s1. The van der Waals surface area contributed by atoms with Crippen LogP contribution in [0.2, 0.25) is 0 Å². The van der Waals surface area contributed by atoms with Crippen LogP contribution in [0.3, 0.4) is 0 Å². The number of carbonyl (C=O) groups excluding carboxylic acids is 1. The lowest BCUT2D eigenvalue weighted by molar-refractivity contribution is -0.124. The molecule has 0 radical (unpaired) electrons. The summed E-state index contributed by atoms with van der Waals surface area (Å²) < 4.78 is 1.07. The van der Waals surface area contributed by atoms with Gasteiger partial charge in [-0.1, -0.05) is 70.9 Å². The Kier molecular flexibility index (Phi) is 7.92. The first-order chi connectivity index (χ1) is 16.0. The second-order valence-corrected chi connectivity index (χ2v) is 10.5. The number of hydrogen-bond acceptors (Lipinski definition) is 3. The minimum Gasteiger partial charge on any atom is -0.384 e. The van der Waals surface area contributed by atoms with Crippen LogP contribution in [0.5, 0.6) is 0 Å². The summed E-state index contributed by atoms with van der Waals surface area (Å²) in [5, 5.41) is 10.7. The van der Waals surface area contributed by atoms with Crippen LogP contribution in [-0.2, 0) is 16.6 Å². The van der Waals surface area contributed by atoms with Gasteiger partial charge in [-0.3, -0.25) is 4.79 Å². The van der Waals surface area contributed by atoms with Gasteiger partial charge in [-0.05, 0) is 81.8 Å². The van der Waals surface area contributed by atoms with Gasteiger partial charge in [-0.25, -0.2) is 0 Å². The Hall–Kier alpha value is -2.11. The van der Waals surface area contributed by atoms with Crippen molar-refractivity contribution in [3.63, 3.8) is 0 Å². The Morgan fingerprint density at radius 1 is 1.12 bits per heavy atom. The van der Waals surface area contributed by atoms with Crippen molar-refractivity contribution >= 4 is 21.8 Å². The third-order valence-electron chi connectivity index (χ3n) is 6.96. The second-order valence-electron chi connectivity index (χ2n) is 9.54. The zero-order chi connectivity index (χ0) is 23.3. The lowest BCUT2D eigenvalue weighted by Gasteiger charge is -2.31. The van der Waals surface area contributed by atoms with E-state index in [1.165, 1.54) is 11.1 Å². The molecule has 1 saturated carbocycles. The van der Waals surface area contributed by atoms with Crippen molar-refractivity contribution in [2.75, 3.05) is 13.1 Å². The molecule has 2 aromatic rings. The first-order valence-electron chi connectivity index (χ1n) is 12.3. The van der Waals surface area contributed by atoms with Crippen molar-refractivity contribution in [1.29, 1.82) is 0 Å². The molecule has 0 bridgehead atoms. The molecule has 3 N–H and O–H groups in total. The van der Waals surface area contributed by atoms with E-state index in [-0.39, 0.29) is 17.4 Å². The number of rotatable bonds is 9. The van der Waals surface area contributed by atoms with Crippen molar-refractivity contribution in [3.05, 3.63) is 81.5 Å². The summed E-state index contributed by atoms with van der Waals surface area (Å²) in [4.78, 5) is 13.7. The van der Waals surface area contributed by atoms with Crippen molar-refractivity contribution < 1.29 is 4.79 Å². The number of hydrogen-bond donors (Lipinski definition) is 3. The van der Waals surface area contributed by atoms with E-state index in [4.69, 9.17) is 0 Å². The zero-order valence-electron chi connectivity index (χ0n) is 19.8. The molecule has 1 atom stereocenters. The monoisotopic (exact) mass is 509 g/mol. The van der Waals surface area contributed by atoms with Crippen molar-refractivity contribution in [2.45, 2.75) is 69.9 Å². The number of halogens is 1. The van der Waals surface area contributed by atoms with Crippen LogP contribution in [0.15, 0.2) is 64.8 Å². The summed E-state index contributed by atoms with van der Waals surface area (Å²) in [6.07, 6.45) is 8.01. The number of carbonyl (C=O) groups is 1. The Morgan fingerprint density at radius 3 is 2.39 bits per heavy atom. The van der Waals surface area contributed by atoms with Crippen LogP contribution < -0.4 is 16.0 Å². The van der Waals surface area contributed by atoms with Crippen molar-refractivity contribution in [3.8, 4) is 0 Å². The average molecular weight is 511 g/mol. The van der Waals surface area contributed by atoms with Crippen LogP contribution in [0.4, 0.5) is 0 Å². The Morgan fingerprint density at radius 2 is 1.79 bits per heavy atom. The summed E-state index contributed by atoms with van der Waals surface area (Å²) in [5.74, 6) is 0.155. The van der Waals surface area contributed by atoms with Crippen LogP contribution in [0.1, 0.15) is 55.7 Å². The lowest BCUT2D eigenvalue weighted by Crippen LogP contribution is -2.49. The summed E-state index contributed by atoms with van der Waals surface area (Å²) >= 11 is 3.54. The normalized spacial score (nSPS) is 19.1. The van der Waals surface area contributed by atoms with E-state index in [2.05, 4.69) is 100 Å². The highest BCUT2D eigenvalue weighted by Crippen LogP contribution is 2.48. The molecule has 1 heterocycles. The zero-order valence-corrected chi connectivity index (χ0v) is 21.4. The SMILES string of the molecule is CCC=C(NC1CCNCC1)[C@H](Cc1ccc(Br)cc1)NC(=O)C1(c2ccc(C)cc2)CC1. The quantitative estimate of drug-likeness (QED) is 0.437. The molecule has 176 valence electrons. The Labute approximate surface area is 206 Å². The van der Waals surface area contributed by atoms with E-state index in [0.29, 0.717) is 6.04 Å². The van der Waals surface area contributed by atoms with Gasteiger partial charge in [-0.15, -0.1) is 0 Å². The maximum atomic E-state index is 13.7. The minimum absolute atomic E-state index is 0.0727. The van der Waals surface area contributed by atoms with Crippen LogP contribution in [0.25, 0.3) is 0 Å². The van der Waals surface area contributed by atoms with Gasteiger partial charge in [0.1, 0.15) is 0 Å². The number of piperidine rings is 1. The Bertz CT molecular complexity index is 958. The van der Waals surface area contributed by atoms with Gasteiger partial charge in [0, 0.05) is 16.2 Å².